The van der Waals surface area contributed by atoms with Gasteiger partial charge in [-0.15, -0.1) is 0 Å². The lowest BCUT2D eigenvalue weighted by molar-refractivity contribution is -0.140. The van der Waals surface area contributed by atoms with Gasteiger partial charge in [0.1, 0.15) is 11.3 Å². The van der Waals surface area contributed by atoms with E-state index in [1.165, 1.54) is 6.07 Å². The molecule has 0 spiro atoms. The molecule has 4 nitrogen and oxygen atoms in total. The normalized spacial score (nSPS) is 25.5. The molecule has 1 atom stereocenters. The van der Waals surface area contributed by atoms with Crippen LogP contribution in [0.2, 0.25) is 0 Å². The van der Waals surface area contributed by atoms with Crippen LogP contribution < -0.4 is 10.1 Å². The Hall–Kier alpha value is -2.28. The van der Waals surface area contributed by atoms with E-state index < -0.39 is 17.7 Å². The summed E-state index contributed by atoms with van der Waals surface area (Å²) in [6.07, 6.45) is 2.88. The number of hydrogen-bond acceptors (Lipinski definition) is 3. The van der Waals surface area contributed by atoms with Crippen LogP contribution in [0.1, 0.15) is 75.8 Å². The second-order valence-corrected chi connectivity index (χ2v) is 10.5. The number of ether oxygens (including phenoxy) is 1. The van der Waals surface area contributed by atoms with Gasteiger partial charge in [0.05, 0.1) is 12.5 Å². The lowest BCUT2D eigenvalue weighted by Crippen LogP contribution is -2.41. The maximum Gasteiger partial charge on any atom is 0.420 e. The zero-order chi connectivity index (χ0) is 25.1. The molecule has 2 aromatic rings. The van der Waals surface area contributed by atoms with Gasteiger partial charge >= 0.3 is 12.1 Å². The summed E-state index contributed by atoms with van der Waals surface area (Å²) >= 11 is 0. The number of hydrogen-bond donors (Lipinski definition) is 2. The van der Waals surface area contributed by atoms with E-state index in [1.807, 2.05) is 6.07 Å². The number of nitrogens with one attached hydrogen (secondary N) is 1. The summed E-state index contributed by atoms with van der Waals surface area (Å²) in [6.45, 7) is 3.65. The van der Waals surface area contributed by atoms with Crippen LogP contribution in [0.4, 0.5) is 13.2 Å². The summed E-state index contributed by atoms with van der Waals surface area (Å²) in [7, 11) is 0. The summed E-state index contributed by atoms with van der Waals surface area (Å²) in [5, 5.41) is 13.4. The number of halogens is 3. The highest BCUT2D eigenvalue weighted by Crippen LogP contribution is 2.43. The quantitative estimate of drug-likeness (QED) is 0.418. The fraction of sp³-hybridized carbons (Fsp3) is 0.607. The van der Waals surface area contributed by atoms with Crippen LogP contribution in [0.5, 0.6) is 5.75 Å². The summed E-state index contributed by atoms with van der Waals surface area (Å²) < 4.78 is 48.9. The number of rotatable bonds is 8. The van der Waals surface area contributed by atoms with E-state index >= 15 is 0 Å². The van der Waals surface area contributed by atoms with E-state index in [1.54, 1.807) is 18.2 Å². The van der Waals surface area contributed by atoms with Crippen molar-refractivity contribution < 1.29 is 27.8 Å². The van der Waals surface area contributed by atoms with Gasteiger partial charge in [0.2, 0.25) is 0 Å². The molecule has 0 amide bonds. The van der Waals surface area contributed by atoms with E-state index in [0.717, 1.165) is 57.1 Å². The molecule has 2 aliphatic rings. The van der Waals surface area contributed by atoms with Crippen LogP contribution in [0.25, 0.3) is 10.8 Å². The molecule has 1 saturated heterocycles. The monoisotopic (exact) mass is 491 g/mol. The molecule has 1 saturated carbocycles. The van der Waals surface area contributed by atoms with Crippen molar-refractivity contribution in [2.24, 2.45) is 11.3 Å². The Kier molecular flexibility index (Phi) is 7.94. The van der Waals surface area contributed by atoms with E-state index in [0.29, 0.717) is 30.7 Å². The lowest BCUT2D eigenvalue weighted by Gasteiger charge is -2.36. The van der Waals surface area contributed by atoms with Crippen LogP contribution >= 0.6 is 0 Å². The van der Waals surface area contributed by atoms with E-state index in [9.17, 15) is 23.1 Å². The van der Waals surface area contributed by atoms with Crippen LogP contribution in [0, 0.1) is 11.3 Å². The first-order valence-electron chi connectivity index (χ1n) is 12.9. The van der Waals surface area contributed by atoms with Gasteiger partial charge < -0.3 is 15.2 Å². The maximum atomic E-state index is 14.3. The number of piperidine rings is 1. The van der Waals surface area contributed by atoms with Gasteiger partial charge in [0.25, 0.3) is 0 Å². The van der Waals surface area contributed by atoms with Crippen molar-refractivity contribution in [3.8, 4) is 5.75 Å². The number of alkyl halides is 3. The number of benzene rings is 2. The van der Waals surface area contributed by atoms with Crippen molar-refractivity contribution in [1.29, 1.82) is 0 Å². The third-order valence-electron chi connectivity index (χ3n) is 8.03. The number of carboxylic acid groups (broad SMARTS) is 1. The van der Waals surface area contributed by atoms with Crippen molar-refractivity contribution in [3.63, 3.8) is 0 Å². The minimum absolute atomic E-state index is 0.0691. The number of carboxylic acids is 1. The Labute approximate surface area is 205 Å². The Balaban J connectivity index is 1.59. The molecule has 2 N–H and O–H groups in total. The summed E-state index contributed by atoms with van der Waals surface area (Å²) in [5.41, 5.74) is -0.276. The smallest absolute Gasteiger partial charge is 0.420 e. The van der Waals surface area contributed by atoms with Gasteiger partial charge in [-0.05, 0) is 91.6 Å². The van der Waals surface area contributed by atoms with Gasteiger partial charge in [-0.3, -0.25) is 4.79 Å². The first-order chi connectivity index (χ1) is 16.7. The maximum absolute atomic E-state index is 14.3. The molecule has 2 fully saturated rings. The van der Waals surface area contributed by atoms with Crippen LogP contribution in [-0.4, -0.2) is 30.3 Å². The molecule has 4 rings (SSSR count). The third kappa shape index (κ3) is 6.29. The molecular formula is C28H36F3NO3. The molecular weight excluding hydrogens is 455 g/mol. The van der Waals surface area contributed by atoms with Gasteiger partial charge in [-0.1, -0.05) is 37.6 Å². The summed E-state index contributed by atoms with van der Waals surface area (Å²) in [6, 6.07) is 8.40. The van der Waals surface area contributed by atoms with Gasteiger partial charge in [0.15, 0.2) is 0 Å². The standard InChI is InChI=1S/C28H36F3NO3/c1-2-19-5-9-22(10-6-19)35-24-11-8-21-7-4-20(16-23(21)26(24)28(29,30)31)12-14-27(17-25(33)34)13-3-15-32-18-27/h4,7-8,11,16,19,22,32H,2-3,5-6,9-10,12-15,17-18H2,1H3,(H,33,34)/t19?,22?,27-/m0/s1. The topological polar surface area (TPSA) is 58.6 Å². The molecule has 0 unspecified atom stereocenters. The molecule has 35 heavy (non-hydrogen) atoms. The molecule has 2 aromatic carbocycles. The van der Waals surface area contributed by atoms with Gasteiger partial charge in [-0.2, -0.15) is 13.2 Å². The Bertz CT molecular complexity index is 1020. The highest BCUT2D eigenvalue weighted by atomic mass is 19.4. The second kappa shape index (κ2) is 10.8. The molecule has 192 valence electrons. The van der Waals surface area contributed by atoms with Crippen molar-refractivity contribution >= 4 is 16.7 Å². The third-order valence-corrected chi connectivity index (χ3v) is 8.03. The summed E-state index contributed by atoms with van der Waals surface area (Å²) in [5.74, 6) is -0.276. The predicted molar refractivity (Wildman–Crippen MR) is 131 cm³/mol. The minimum atomic E-state index is -4.54. The SMILES string of the molecule is CCC1CCC(Oc2ccc3ccc(CC[C@]4(CC(=O)O)CCCNC4)cc3c2C(F)(F)F)CC1. The fourth-order valence-corrected chi connectivity index (χ4v) is 5.94. The summed E-state index contributed by atoms with van der Waals surface area (Å²) in [4.78, 5) is 11.5. The predicted octanol–water partition coefficient (Wildman–Crippen LogP) is 6.98. The molecule has 1 aliphatic carbocycles. The first kappa shape index (κ1) is 25.8. The number of carbonyl (C=O) groups is 1. The largest absolute Gasteiger partial charge is 0.490 e. The highest BCUT2D eigenvalue weighted by molar-refractivity contribution is 5.89. The van der Waals surface area contributed by atoms with Gasteiger partial charge in [-0.25, -0.2) is 0 Å². The Morgan fingerprint density at radius 1 is 1.17 bits per heavy atom. The first-order valence-corrected chi connectivity index (χ1v) is 12.9. The van der Waals surface area contributed by atoms with E-state index in [4.69, 9.17) is 4.74 Å². The molecule has 7 heteroatoms. The van der Waals surface area contributed by atoms with Gasteiger partial charge in [0, 0.05) is 6.54 Å². The van der Waals surface area contributed by atoms with Crippen LogP contribution in [0.3, 0.4) is 0 Å². The lowest BCUT2D eigenvalue weighted by atomic mass is 9.73. The molecule has 1 aliphatic heterocycles. The van der Waals surface area contributed by atoms with Crippen molar-refractivity contribution in [2.45, 2.75) is 83.4 Å². The highest BCUT2D eigenvalue weighted by Gasteiger charge is 2.38. The number of aliphatic carboxylic acids is 1. The number of fused-ring (bicyclic) bond motifs is 1. The molecule has 1 heterocycles. The van der Waals surface area contributed by atoms with E-state index in [-0.39, 0.29) is 29.1 Å². The second-order valence-electron chi connectivity index (χ2n) is 10.5. The Morgan fingerprint density at radius 3 is 2.54 bits per heavy atom. The zero-order valence-electron chi connectivity index (χ0n) is 20.4. The van der Waals surface area contributed by atoms with Crippen LogP contribution in [0.15, 0.2) is 30.3 Å². The van der Waals surface area contributed by atoms with E-state index in [2.05, 4.69) is 12.2 Å². The average Bonchev–Trinajstić information content (AvgIpc) is 2.82. The molecule has 0 bridgehead atoms. The Morgan fingerprint density at radius 2 is 1.91 bits per heavy atom. The van der Waals surface area contributed by atoms with Crippen molar-refractivity contribution in [1.82, 2.24) is 5.32 Å². The average molecular weight is 492 g/mol. The molecule has 0 radical (unpaired) electrons. The van der Waals surface area contributed by atoms with Crippen LogP contribution in [-0.2, 0) is 17.4 Å². The fourth-order valence-electron chi connectivity index (χ4n) is 5.94. The van der Waals surface area contributed by atoms with Crippen molar-refractivity contribution in [2.75, 3.05) is 13.1 Å². The van der Waals surface area contributed by atoms with Crippen molar-refractivity contribution in [3.05, 3.63) is 41.5 Å². The number of aryl methyl sites for hydroxylation is 1. The minimum Gasteiger partial charge on any atom is -0.490 e. The zero-order valence-corrected chi connectivity index (χ0v) is 20.4. The molecule has 0 aromatic heterocycles.